The van der Waals surface area contributed by atoms with Crippen molar-refractivity contribution in [2.75, 3.05) is 19.6 Å². The summed E-state index contributed by atoms with van der Waals surface area (Å²) in [5, 5.41) is 17.7. The molecule has 0 fully saturated rings. The van der Waals surface area contributed by atoms with Crippen molar-refractivity contribution in [1.82, 2.24) is 15.5 Å². The molecule has 0 spiro atoms. The van der Waals surface area contributed by atoms with Gasteiger partial charge < -0.3 is 25.4 Å². The van der Waals surface area contributed by atoms with Crippen LogP contribution in [0, 0.1) is 6.92 Å². The van der Waals surface area contributed by atoms with Gasteiger partial charge >= 0.3 is 0 Å². The Morgan fingerprint density at radius 2 is 1.39 bits per heavy atom. The van der Waals surface area contributed by atoms with E-state index >= 15 is 0 Å². The number of benzene rings is 4. The summed E-state index contributed by atoms with van der Waals surface area (Å²) in [6.45, 7) is 8.69. The zero-order valence-electron chi connectivity index (χ0n) is 27.2. The summed E-state index contributed by atoms with van der Waals surface area (Å²) < 4.78 is 5.95. The highest BCUT2D eigenvalue weighted by atomic mass is 16.5. The molecule has 0 aromatic heterocycles. The molecule has 0 heterocycles. The number of nitrogens with one attached hydrogen (secondary N) is 2. The van der Waals surface area contributed by atoms with Crippen molar-refractivity contribution in [3.8, 4) is 5.75 Å². The Bertz CT molecular complexity index is 1500. The van der Waals surface area contributed by atoms with Gasteiger partial charge in [0.05, 0.1) is 12.1 Å². The summed E-state index contributed by atoms with van der Waals surface area (Å²) in [4.78, 5) is 28.9. The Hall–Kier alpha value is -4.46. The van der Waals surface area contributed by atoms with Gasteiger partial charge in [-0.25, -0.2) is 0 Å². The quantitative estimate of drug-likeness (QED) is 0.128. The minimum atomic E-state index is -0.864. The molecule has 0 radical (unpaired) electrons. The van der Waals surface area contributed by atoms with E-state index < -0.39 is 12.1 Å². The van der Waals surface area contributed by atoms with Gasteiger partial charge in [0.25, 0.3) is 11.8 Å². The third-order valence-corrected chi connectivity index (χ3v) is 7.79. The maximum atomic E-state index is 13.7. The second kappa shape index (κ2) is 17.9. The van der Waals surface area contributed by atoms with E-state index in [4.69, 9.17) is 4.74 Å². The minimum Gasteiger partial charge on any atom is -0.489 e. The van der Waals surface area contributed by atoms with Crippen LogP contribution in [-0.4, -0.2) is 53.6 Å². The van der Waals surface area contributed by atoms with Crippen LogP contribution in [0.2, 0.25) is 0 Å². The summed E-state index contributed by atoms with van der Waals surface area (Å²) >= 11 is 0. The van der Waals surface area contributed by atoms with Crippen LogP contribution in [0.15, 0.2) is 103 Å². The second-order valence-electron chi connectivity index (χ2n) is 11.8. The number of rotatable bonds is 17. The summed E-state index contributed by atoms with van der Waals surface area (Å²) in [5.41, 5.74) is 4.88. The molecule has 2 amide bonds. The molecule has 0 aliphatic rings. The first kappa shape index (κ1) is 34.4. The van der Waals surface area contributed by atoms with Crippen molar-refractivity contribution in [2.24, 2.45) is 0 Å². The molecular formula is C39H47N3O4. The molecule has 242 valence electrons. The number of nitrogens with zero attached hydrogens (tertiary/aromatic N) is 1. The van der Waals surface area contributed by atoms with E-state index in [0.29, 0.717) is 50.3 Å². The van der Waals surface area contributed by atoms with Crippen molar-refractivity contribution >= 4 is 11.8 Å². The molecule has 4 aromatic carbocycles. The Morgan fingerprint density at radius 1 is 0.783 bits per heavy atom. The predicted octanol–water partition coefficient (Wildman–Crippen LogP) is 6.33. The molecule has 2 atom stereocenters. The first-order chi connectivity index (χ1) is 22.4. The fourth-order valence-corrected chi connectivity index (χ4v) is 5.43. The lowest BCUT2D eigenvalue weighted by Crippen LogP contribution is -2.48. The maximum Gasteiger partial charge on any atom is 0.253 e. The van der Waals surface area contributed by atoms with Crippen LogP contribution in [0.4, 0.5) is 0 Å². The molecule has 0 aliphatic carbocycles. The van der Waals surface area contributed by atoms with Gasteiger partial charge in [0.15, 0.2) is 0 Å². The zero-order valence-corrected chi connectivity index (χ0v) is 27.2. The normalized spacial score (nSPS) is 12.3. The van der Waals surface area contributed by atoms with Gasteiger partial charge in [-0.2, -0.15) is 0 Å². The summed E-state index contributed by atoms with van der Waals surface area (Å²) in [5.74, 6) is 0.346. The highest BCUT2D eigenvalue weighted by Gasteiger charge is 2.24. The molecule has 4 rings (SSSR count). The number of carbonyl (C=O) groups is 2. The van der Waals surface area contributed by atoms with Crippen molar-refractivity contribution in [2.45, 2.75) is 65.3 Å². The third kappa shape index (κ3) is 10.6. The molecule has 0 saturated heterocycles. The van der Waals surface area contributed by atoms with E-state index in [1.165, 1.54) is 0 Å². The minimum absolute atomic E-state index is 0.0716. The lowest BCUT2D eigenvalue weighted by atomic mass is 9.99. The van der Waals surface area contributed by atoms with Gasteiger partial charge in [0, 0.05) is 37.3 Å². The Kier molecular flexibility index (Phi) is 13.4. The molecule has 0 aliphatic heterocycles. The van der Waals surface area contributed by atoms with Crippen molar-refractivity contribution in [1.29, 1.82) is 0 Å². The van der Waals surface area contributed by atoms with Crippen LogP contribution in [0.3, 0.4) is 0 Å². The van der Waals surface area contributed by atoms with E-state index in [0.717, 1.165) is 40.8 Å². The van der Waals surface area contributed by atoms with Gasteiger partial charge in [-0.05, 0) is 78.8 Å². The number of aryl methyl sites for hydroxylation is 1. The molecule has 7 nitrogen and oxygen atoms in total. The SMILES string of the molecule is CCCN(CCC)C(=O)c1cc(C)cc(C(=O)N[C@@H](Cc2ccc(OCc3ccccc3)cc2)[C@H](O)CNCc2ccccc2)c1. The van der Waals surface area contributed by atoms with E-state index in [2.05, 4.69) is 24.5 Å². The number of aliphatic hydroxyl groups excluding tert-OH is 1. The van der Waals surface area contributed by atoms with Gasteiger partial charge in [-0.1, -0.05) is 86.6 Å². The lowest BCUT2D eigenvalue weighted by Gasteiger charge is -2.25. The zero-order chi connectivity index (χ0) is 32.7. The van der Waals surface area contributed by atoms with Crippen LogP contribution in [0.25, 0.3) is 0 Å². The molecule has 3 N–H and O–H groups in total. The maximum absolute atomic E-state index is 13.7. The third-order valence-electron chi connectivity index (χ3n) is 7.79. The van der Waals surface area contributed by atoms with Gasteiger partial charge in [-0.15, -0.1) is 0 Å². The standard InChI is InChI=1S/C39H47N3O4/c1-4-20-42(21-5-2)39(45)34-23-29(3)22-33(25-34)38(44)41-36(37(43)27-40-26-31-12-8-6-9-13-31)24-30-16-18-35(19-17-30)46-28-32-14-10-7-11-15-32/h6-19,22-23,25,36-37,40,43H,4-5,20-21,24,26-28H2,1-3H3,(H,41,44)/t36-,37+/m0/s1. The molecule has 0 saturated carbocycles. The predicted molar refractivity (Wildman–Crippen MR) is 184 cm³/mol. The topological polar surface area (TPSA) is 90.9 Å². The van der Waals surface area contributed by atoms with Crippen LogP contribution in [0.5, 0.6) is 5.75 Å². The highest BCUT2D eigenvalue weighted by Crippen LogP contribution is 2.18. The second-order valence-corrected chi connectivity index (χ2v) is 11.8. The van der Waals surface area contributed by atoms with Crippen molar-refractivity contribution in [3.05, 3.63) is 137 Å². The number of amides is 2. The first-order valence-electron chi connectivity index (χ1n) is 16.3. The smallest absolute Gasteiger partial charge is 0.253 e. The molecule has 7 heteroatoms. The fraction of sp³-hybridized carbons (Fsp3) is 0.333. The molecule has 0 bridgehead atoms. The Labute approximate surface area is 273 Å². The Balaban J connectivity index is 1.48. The van der Waals surface area contributed by atoms with E-state index in [1.54, 1.807) is 12.1 Å². The highest BCUT2D eigenvalue weighted by molar-refractivity contribution is 6.00. The van der Waals surface area contributed by atoms with Gasteiger partial charge in [0.1, 0.15) is 12.4 Å². The number of hydrogen-bond donors (Lipinski definition) is 3. The summed E-state index contributed by atoms with van der Waals surface area (Å²) in [6, 6.07) is 32.4. The molecule has 46 heavy (non-hydrogen) atoms. The number of ether oxygens (including phenoxy) is 1. The fourth-order valence-electron chi connectivity index (χ4n) is 5.43. The summed E-state index contributed by atoms with van der Waals surface area (Å²) in [6.07, 6.45) is 1.28. The molecular weight excluding hydrogens is 574 g/mol. The average molecular weight is 622 g/mol. The average Bonchev–Trinajstić information content (AvgIpc) is 3.07. The van der Waals surface area contributed by atoms with Crippen LogP contribution in [0.1, 0.15) is 69.7 Å². The Morgan fingerprint density at radius 3 is 2.02 bits per heavy atom. The number of carbonyl (C=O) groups excluding carboxylic acids is 2. The van der Waals surface area contributed by atoms with Crippen LogP contribution < -0.4 is 15.4 Å². The lowest BCUT2D eigenvalue weighted by molar-refractivity contribution is 0.0755. The van der Waals surface area contributed by atoms with Gasteiger partial charge in [-0.3, -0.25) is 9.59 Å². The van der Waals surface area contributed by atoms with Crippen molar-refractivity contribution in [3.63, 3.8) is 0 Å². The molecule has 0 unspecified atom stereocenters. The monoisotopic (exact) mass is 621 g/mol. The largest absolute Gasteiger partial charge is 0.489 e. The number of aliphatic hydroxyl groups is 1. The number of hydrogen-bond acceptors (Lipinski definition) is 5. The van der Waals surface area contributed by atoms with Crippen LogP contribution >= 0.6 is 0 Å². The van der Waals surface area contributed by atoms with Gasteiger partial charge in [0.2, 0.25) is 0 Å². The van der Waals surface area contributed by atoms with E-state index in [9.17, 15) is 14.7 Å². The molecule has 4 aromatic rings. The first-order valence-corrected chi connectivity index (χ1v) is 16.3. The van der Waals surface area contributed by atoms with E-state index in [1.807, 2.05) is 103 Å². The van der Waals surface area contributed by atoms with Crippen molar-refractivity contribution < 1.29 is 19.4 Å². The van der Waals surface area contributed by atoms with Crippen LogP contribution in [-0.2, 0) is 19.6 Å². The van der Waals surface area contributed by atoms with E-state index in [-0.39, 0.29) is 11.8 Å². The summed E-state index contributed by atoms with van der Waals surface area (Å²) in [7, 11) is 0.